The second-order valence-corrected chi connectivity index (χ2v) is 9.88. The van der Waals surface area contributed by atoms with E-state index in [1.807, 2.05) is 16.5 Å². The van der Waals surface area contributed by atoms with Gasteiger partial charge in [-0.2, -0.15) is 0 Å². The number of thiazole rings is 1. The zero-order valence-corrected chi connectivity index (χ0v) is 17.7. The molecule has 156 valence electrons. The van der Waals surface area contributed by atoms with Crippen molar-refractivity contribution in [1.82, 2.24) is 15.2 Å². The number of fused-ring (bicyclic) bond motifs is 4. The SMILES string of the molecule is O=C(NCC1=CCCCC1)[C@H]1[C@@H]2C[C@@H](CN(c3nccs3)C2)[C@@H]2CCCC(=O)N21. The van der Waals surface area contributed by atoms with Crippen LogP contribution in [-0.4, -0.2) is 53.4 Å². The molecule has 2 bridgehead atoms. The number of anilines is 1. The molecule has 4 atom stereocenters. The van der Waals surface area contributed by atoms with E-state index in [0.717, 1.165) is 50.3 Å². The van der Waals surface area contributed by atoms with Gasteiger partial charge >= 0.3 is 0 Å². The maximum Gasteiger partial charge on any atom is 0.243 e. The van der Waals surface area contributed by atoms with Crippen molar-refractivity contribution in [3.05, 3.63) is 23.2 Å². The number of hydrogen-bond acceptors (Lipinski definition) is 5. The second-order valence-electron chi connectivity index (χ2n) is 9.01. The summed E-state index contributed by atoms with van der Waals surface area (Å²) in [5, 5.41) is 6.25. The lowest BCUT2D eigenvalue weighted by molar-refractivity contribution is -0.156. The van der Waals surface area contributed by atoms with E-state index in [2.05, 4.69) is 21.3 Å². The first-order chi connectivity index (χ1) is 14.2. The molecule has 0 spiro atoms. The van der Waals surface area contributed by atoms with E-state index in [-0.39, 0.29) is 29.8 Å². The maximum atomic E-state index is 13.4. The van der Waals surface area contributed by atoms with E-state index in [0.29, 0.717) is 18.9 Å². The van der Waals surface area contributed by atoms with Crippen molar-refractivity contribution in [1.29, 1.82) is 0 Å². The molecule has 3 aliphatic heterocycles. The smallest absolute Gasteiger partial charge is 0.243 e. The van der Waals surface area contributed by atoms with Gasteiger partial charge in [0, 0.05) is 49.6 Å². The predicted octanol–water partition coefficient (Wildman–Crippen LogP) is 2.97. The van der Waals surface area contributed by atoms with Crippen molar-refractivity contribution < 1.29 is 9.59 Å². The van der Waals surface area contributed by atoms with Crippen molar-refractivity contribution in [2.24, 2.45) is 11.8 Å². The zero-order chi connectivity index (χ0) is 19.8. The zero-order valence-electron chi connectivity index (χ0n) is 16.9. The Morgan fingerprint density at radius 2 is 2.10 bits per heavy atom. The van der Waals surface area contributed by atoms with Gasteiger partial charge < -0.3 is 15.1 Å². The van der Waals surface area contributed by atoms with Crippen LogP contribution in [0.5, 0.6) is 0 Å². The molecule has 2 amide bonds. The molecule has 1 N–H and O–H groups in total. The van der Waals surface area contributed by atoms with Crippen LogP contribution in [0.25, 0.3) is 0 Å². The average molecular weight is 415 g/mol. The number of rotatable bonds is 4. The molecule has 6 nitrogen and oxygen atoms in total. The van der Waals surface area contributed by atoms with E-state index in [4.69, 9.17) is 0 Å². The van der Waals surface area contributed by atoms with Gasteiger partial charge in [0.05, 0.1) is 0 Å². The van der Waals surface area contributed by atoms with Crippen molar-refractivity contribution in [2.75, 3.05) is 24.5 Å². The lowest BCUT2D eigenvalue weighted by Crippen LogP contribution is -2.68. The van der Waals surface area contributed by atoms with Gasteiger partial charge in [0.1, 0.15) is 6.04 Å². The van der Waals surface area contributed by atoms with Gasteiger partial charge in [0.25, 0.3) is 0 Å². The first-order valence-corrected chi connectivity index (χ1v) is 12.0. The molecular weight excluding hydrogens is 384 g/mol. The molecular formula is C22H30N4O2S. The predicted molar refractivity (Wildman–Crippen MR) is 114 cm³/mol. The van der Waals surface area contributed by atoms with Crippen LogP contribution < -0.4 is 10.2 Å². The number of allylic oxidation sites excluding steroid dienone is 1. The molecule has 4 heterocycles. The molecule has 1 aliphatic carbocycles. The summed E-state index contributed by atoms with van der Waals surface area (Å²) < 4.78 is 0. The Bertz CT molecular complexity index is 793. The Kier molecular flexibility index (Phi) is 5.33. The normalized spacial score (nSPS) is 31.9. The lowest BCUT2D eigenvalue weighted by atomic mass is 9.72. The standard InChI is InChI=1S/C22H30N4O2S/c27-19-8-4-7-18-16-11-17(14-25(13-16)22-23-9-10-29-22)20(26(18)19)21(28)24-12-15-5-2-1-3-6-15/h5,9-10,16-18,20H,1-4,6-8,11-14H2,(H,24,28)/t16-,17+,18-,20+/m0/s1. The van der Waals surface area contributed by atoms with Crippen LogP contribution in [0.3, 0.4) is 0 Å². The fourth-order valence-corrected chi connectivity index (χ4v) is 6.56. The third kappa shape index (κ3) is 3.69. The highest BCUT2D eigenvalue weighted by Gasteiger charge is 2.52. The number of carbonyl (C=O) groups excluding carboxylic acids is 2. The van der Waals surface area contributed by atoms with Crippen LogP contribution >= 0.6 is 11.3 Å². The molecule has 1 aromatic heterocycles. The fraction of sp³-hybridized carbons (Fsp3) is 0.682. The van der Waals surface area contributed by atoms with Crippen molar-refractivity contribution in [2.45, 2.75) is 63.5 Å². The summed E-state index contributed by atoms with van der Waals surface area (Å²) in [5.74, 6) is 0.833. The summed E-state index contributed by atoms with van der Waals surface area (Å²) in [6, 6.07) is -0.143. The Hall–Kier alpha value is -1.89. The molecule has 3 fully saturated rings. The van der Waals surface area contributed by atoms with Gasteiger partial charge in [-0.25, -0.2) is 4.98 Å². The van der Waals surface area contributed by atoms with Crippen LogP contribution in [0.1, 0.15) is 51.4 Å². The van der Waals surface area contributed by atoms with Crippen LogP contribution in [0, 0.1) is 11.8 Å². The molecule has 7 heteroatoms. The Morgan fingerprint density at radius 1 is 1.21 bits per heavy atom. The molecule has 29 heavy (non-hydrogen) atoms. The van der Waals surface area contributed by atoms with Crippen molar-refractivity contribution >= 4 is 28.3 Å². The van der Waals surface area contributed by atoms with Crippen LogP contribution in [0.4, 0.5) is 5.13 Å². The molecule has 0 saturated carbocycles. The van der Waals surface area contributed by atoms with Crippen LogP contribution in [0.2, 0.25) is 0 Å². The highest BCUT2D eigenvalue weighted by molar-refractivity contribution is 7.13. The number of aromatic nitrogens is 1. The number of amides is 2. The fourth-order valence-electron chi connectivity index (χ4n) is 5.89. The summed E-state index contributed by atoms with van der Waals surface area (Å²) in [6.07, 6.45) is 12.4. The molecule has 0 unspecified atom stereocenters. The number of nitrogens with zero attached hydrogens (tertiary/aromatic N) is 3. The van der Waals surface area contributed by atoms with Gasteiger partial charge in [-0.05, 0) is 50.9 Å². The number of piperidine rings is 3. The van der Waals surface area contributed by atoms with Crippen molar-refractivity contribution in [3.63, 3.8) is 0 Å². The monoisotopic (exact) mass is 414 g/mol. The van der Waals surface area contributed by atoms with Crippen molar-refractivity contribution in [3.8, 4) is 0 Å². The number of carbonyl (C=O) groups is 2. The first-order valence-electron chi connectivity index (χ1n) is 11.1. The molecule has 3 saturated heterocycles. The minimum atomic E-state index is -0.337. The highest BCUT2D eigenvalue weighted by atomic mass is 32.1. The summed E-state index contributed by atoms with van der Waals surface area (Å²) >= 11 is 1.66. The topological polar surface area (TPSA) is 65.5 Å². The minimum absolute atomic E-state index is 0.0427. The summed E-state index contributed by atoms with van der Waals surface area (Å²) in [5.41, 5.74) is 1.34. The van der Waals surface area contributed by atoms with Gasteiger partial charge in [-0.1, -0.05) is 11.6 Å². The first kappa shape index (κ1) is 19.1. The number of hydrogen-bond donors (Lipinski definition) is 1. The molecule has 0 aromatic carbocycles. The second kappa shape index (κ2) is 8.09. The highest BCUT2D eigenvalue weighted by Crippen LogP contribution is 2.43. The Balaban J connectivity index is 1.37. The molecule has 1 aromatic rings. The third-order valence-corrected chi connectivity index (χ3v) is 8.01. The largest absolute Gasteiger partial charge is 0.351 e. The number of nitrogens with one attached hydrogen (secondary N) is 1. The summed E-state index contributed by atoms with van der Waals surface area (Å²) in [4.78, 5) is 35.1. The maximum absolute atomic E-state index is 13.4. The van der Waals surface area contributed by atoms with E-state index in [1.165, 1.54) is 18.4 Å². The Morgan fingerprint density at radius 3 is 2.90 bits per heavy atom. The van der Waals surface area contributed by atoms with Gasteiger partial charge in [-0.15, -0.1) is 11.3 Å². The minimum Gasteiger partial charge on any atom is -0.351 e. The van der Waals surface area contributed by atoms with E-state index >= 15 is 0 Å². The quantitative estimate of drug-likeness (QED) is 0.770. The third-order valence-electron chi connectivity index (χ3n) is 7.17. The van der Waals surface area contributed by atoms with Crippen LogP contribution in [0.15, 0.2) is 23.2 Å². The summed E-state index contributed by atoms with van der Waals surface area (Å²) in [6.45, 7) is 2.38. The molecule has 4 aliphatic rings. The van der Waals surface area contributed by atoms with Gasteiger partial charge in [-0.3, -0.25) is 9.59 Å². The summed E-state index contributed by atoms with van der Waals surface area (Å²) in [7, 11) is 0. The van der Waals surface area contributed by atoms with Crippen LogP contribution in [-0.2, 0) is 9.59 Å². The molecule has 5 rings (SSSR count). The van der Waals surface area contributed by atoms with E-state index in [1.54, 1.807) is 11.3 Å². The van der Waals surface area contributed by atoms with Gasteiger partial charge in [0.15, 0.2) is 5.13 Å². The average Bonchev–Trinajstić information content (AvgIpc) is 3.29. The molecule has 0 radical (unpaired) electrons. The van der Waals surface area contributed by atoms with E-state index < -0.39 is 0 Å². The van der Waals surface area contributed by atoms with Gasteiger partial charge in [0.2, 0.25) is 11.8 Å². The Labute approximate surface area is 176 Å². The van der Waals surface area contributed by atoms with E-state index in [9.17, 15) is 9.59 Å². The lowest BCUT2D eigenvalue weighted by Gasteiger charge is -2.55.